The number of ether oxygens (including phenoxy) is 1. The molecule has 0 bridgehead atoms. The molecule has 7 heteroatoms. The summed E-state index contributed by atoms with van der Waals surface area (Å²) in [7, 11) is 1.61. The Balaban J connectivity index is 0.000000795. The Kier molecular flexibility index (Phi) is 8.41. The van der Waals surface area contributed by atoms with E-state index in [2.05, 4.69) is 74.2 Å². The van der Waals surface area contributed by atoms with E-state index in [-0.39, 0.29) is 11.5 Å². The van der Waals surface area contributed by atoms with Crippen molar-refractivity contribution in [3.8, 4) is 0 Å². The number of aromatic nitrogens is 2. The Morgan fingerprint density at radius 1 is 1.29 bits per heavy atom. The number of carbonyl (C=O) groups excluding carboxylic acids is 2. The molecule has 0 fully saturated rings. The van der Waals surface area contributed by atoms with E-state index in [4.69, 9.17) is 4.74 Å². The van der Waals surface area contributed by atoms with E-state index in [1.807, 2.05) is 13.0 Å². The summed E-state index contributed by atoms with van der Waals surface area (Å²) in [6.07, 6.45) is 6.96. The molecule has 0 aliphatic carbocycles. The van der Waals surface area contributed by atoms with E-state index in [1.54, 1.807) is 11.7 Å². The Hall–Kier alpha value is -3.09. The van der Waals surface area contributed by atoms with E-state index < -0.39 is 6.04 Å². The first-order chi connectivity index (χ1) is 16.6. The van der Waals surface area contributed by atoms with Crippen LogP contribution in [-0.4, -0.2) is 52.6 Å². The van der Waals surface area contributed by atoms with Gasteiger partial charge in [0.25, 0.3) is 0 Å². The first-order valence-corrected chi connectivity index (χ1v) is 12.6. The minimum absolute atomic E-state index is 0.138. The molecule has 2 aromatic rings. The van der Waals surface area contributed by atoms with Crippen LogP contribution in [0.1, 0.15) is 71.2 Å². The molecule has 35 heavy (non-hydrogen) atoms. The minimum Gasteiger partial charge on any atom is -0.469 e. The predicted molar refractivity (Wildman–Crippen MR) is 141 cm³/mol. The summed E-state index contributed by atoms with van der Waals surface area (Å²) in [5.41, 5.74) is 4.14. The fourth-order valence-corrected chi connectivity index (χ4v) is 4.34. The van der Waals surface area contributed by atoms with E-state index in [0.29, 0.717) is 12.8 Å². The number of rotatable bonds is 7. The highest BCUT2D eigenvalue weighted by Crippen LogP contribution is 2.34. The summed E-state index contributed by atoms with van der Waals surface area (Å²) < 4.78 is 7.61. The minimum atomic E-state index is -0.500. The third-order valence-corrected chi connectivity index (χ3v) is 6.02. The molecule has 0 radical (unpaired) electrons. The molecule has 3 heterocycles. The molecule has 1 unspecified atom stereocenters. The van der Waals surface area contributed by atoms with Crippen molar-refractivity contribution >= 4 is 28.7 Å². The van der Waals surface area contributed by atoms with Crippen LogP contribution in [-0.2, 0) is 14.3 Å². The summed E-state index contributed by atoms with van der Waals surface area (Å²) in [5.74, 6) is 1.67. The van der Waals surface area contributed by atoms with Crippen LogP contribution >= 0.6 is 0 Å². The normalized spacial score (nSPS) is 17.4. The second-order valence-electron chi connectivity index (χ2n) is 10.5. The molecule has 1 aromatic carbocycles. The molecular formula is C28H40N4O3. The van der Waals surface area contributed by atoms with Gasteiger partial charge in [-0.05, 0) is 62.8 Å². The van der Waals surface area contributed by atoms with Crippen LogP contribution in [0.4, 0.5) is 0 Å². The quantitative estimate of drug-likeness (QED) is 0.564. The van der Waals surface area contributed by atoms with Crippen LogP contribution in [0.15, 0.2) is 36.2 Å². The van der Waals surface area contributed by atoms with E-state index in [0.717, 1.165) is 54.2 Å². The number of benzene rings is 1. The SMILES string of the molecule is CC(C)C.CNC(=O)C(CCC=O)n1nc(C)c2cc(C3=CCN(C4=CC(C)(C)O4)CC3)ccc21. The maximum absolute atomic E-state index is 12.4. The number of nitrogens with zero attached hydrogens (tertiary/aromatic N) is 3. The van der Waals surface area contributed by atoms with Crippen molar-refractivity contribution < 1.29 is 14.3 Å². The lowest BCUT2D eigenvalue weighted by atomic mass is 9.97. The lowest BCUT2D eigenvalue weighted by Gasteiger charge is -2.41. The van der Waals surface area contributed by atoms with Crippen molar-refractivity contribution in [3.63, 3.8) is 0 Å². The van der Waals surface area contributed by atoms with Gasteiger partial charge < -0.3 is 19.7 Å². The summed E-state index contributed by atoms with van der Waals surface area (Å²) >= 11 is 0. The van der Waals surface area contributed by atoms with Gasteiger partial charge in [0.1, 0.15) is 17.9 Å². The van der Waals surface area contributed by atoms with Crippen LogP contribution in [0, 0.1) is 12.8 Å². The van der Waals surface area contributed by atoms with Gasteiger partial charge >= 0.3 is 0 Å². The Bertz CT molecular complexity index is 1120. The predicted octanol–water partition coefficient (Wildman–Crippen LogP) is 5.01. The molecule has 2 aliphatic heterocycles. The molecule has 190 valence electrons. The first-order valence-electron chi connectivity index (χ1n) is 12.6. The fourth-order valence-electron chi connectivity index (χ4n) is 4.34. The molecule has 4 rings (SSSR count). The molecule has 0 spiro atoms. The number of hydrogen-bond donors (Lipinski definition) is 1. The lowest BCUT2D eigenvalue weighted by molar-refractivity contribution is -0.124. The number of amides is 1. The zero-order valence-corrected chi connectivity index (χ0v) is 22.2. The largest absolute Gasteiger partial charge is 0.469 e. The van der Waals surface area contributed by atoms with Crippen molar-refractivity contribution in [1.82, 2.24) is 20.0 Å². The van der Waals surface area contributed by atoms with Gasteiger partial charge in [-0.15, -0.1) is 0 Å². The van der Waals surface area contributed by atoms with Gasteiger partial charge in [0, 0.05) is 38.0 Å². The van der Waals surface area contributed by atoms with Crippen molar-refractivity contribution in [1.29, 1.82) is 0 Å². The van der Waals surface area contributed by atoms with Gasteiger partial charge in [0.15, 0.2) is 5.88 Å². The second-order valence-corrected chi connectivity index (χ2v) is 10.5. The average molecular weight is 481 g/mol. The summed E-state index contributed by atoms with van der Waals surface area (Å²) in [5, 5.41) is 8.38. The zero-order valence-electron chi connectivity index (χ0n) is 22.2. The lowest BCUT2D eigenvalue weighted by Crippen LogP contribution is -2.41. The number of carbonyl (C=O) groups is 2. The molecule has 1 amide bonds. The number of likely N-dealkylation sites (N-methyl/N-ethyl adjacent to an activating group) is 1. The molecule has 1 atom stereocenters. The van der Waals surface area contributed by atoms with Gasteiger partial charge in [-0.2, -0.15) is 5.10 Å². The van der Waals surface area contributed by atoms with Gasteiger partial charge in [0.05, 0.1) is 11.2 Å². The smallest absolute Gasteiger partial charge is 0.244 e. The molecular weight excluding hydrogens is 440 g/mol. The molecule has 2 aliphatic rings. The maximum Gasteiger partial charge on any atom is 0.244 e. The molecule has 0 saturated heterocycles. The topological polar surface area (TPSA) is 76.5 Å². The second kappa shape index (κ2) is 11.1. The fraction of sp³-hybridized carbons (Fsp3) is 0.536. The number of aryl methyl sites for hydroxylation is 1. The average Bonchev–Trinajstić information content (AvgIpc) is 3.13. The maximum atomic E-state index is 12.4. The third-order valence-electron chi connectivity index (χ3n) is 6.02. The molecule has 1 aromatic heterocycles. The number of hydrogen-bond acceptors (Lipinski definition) is 5. The van der Waals surface area contributed by atoms with Crippen LogP contribution in [0.5, 0.6) is 0 Å². The van der Waals surface area contributed by atoms with Gasteiger partial charge in [-0.25, -0.2) is 0 Å². The Morgan fingerprint density at radius 2 is 1.97 bits per heavy atom. The van der Waals surface area contributed by atoms with Gasteiger partial charge in [-0.1, -0.05) is 32.9 Å². The van der Waals surface area contributed by atoms with Crippen molar-refractivity contribution in [3.05, 3.63) is 47.5 Å². The third kappa shape index (κ3) is 6.32. The first kappa shape index (κ1) is 26.5. The van der Waals surface area contributed by atoms with Crippen molar-refractivity contribution in [2.75, 3.05) is 20.1 Å². The summed E-state index contributed by atoms with van der Waals surface area (Å²) in [6, 6.07) is 5.80. The van der Waals surface area contributed by atoms with Crippen LogP contribution in [0.2, 0.25) is 0 Å². The number of nitrogens with one attached hydrogen (secondary N) is 1. The highest BCUT2D eigenvalue weighted by atomic mass is 16.5. The Labute approximate surface area is 209 Å². The number of fused-ring (bicyclic) bond motifs is 1. The highest BCUT2D eigenvalue weighted by Gasteiger charge is 2.32. The van der Waals surface area contributed by atoms with Crippen LogP contribution in [0.3, 0.4) is 0 Å². The van der Waals surface area contributed by atoms with E-state index >= 15 is 0 Å². The molecule has 7 nitrogen and oxygen atoms in total. The van der Waals surface area contributed by atoms with E-state index in [1.165, 1.54) is 11.1 Å². The standard InChI is InChI=1S/C24H30N4O3.C4H10/c1-16-19-14-18(17-9-11-27(12-10-17)22-15-24(2,3)31-22)7-8-20(19)28(26-16)21(6-5-13-29)23(30)25-4;1-4(2)3/h7-9,13-15,21H,5-6,10-12H2,1-4H3,(H,25,30);4H,1-3H3. The summed E-state index contributed by atoms with van der Waals surface area (Å²) in [6.45, 7) is 14.3. The summed E-state index contributed by atoms with van der Waals surface area (Å²) in [4.78, 5) is 25.6. The van der Waals surface area contributed by atoms with E-state index in [9.17, 15) is 9.59 Å². The molecule has 1 N–H and O–H groups in total. The monoisotopic (exact) mass is 480 g/mol. The molecule has 0 saturated carbocycles. The van der Waals surface area contributed by atoms with Crippen molar-refractivity contribution in [2.45, 2.75) is 72.4 Å². The highest BCUT2D eigenvalue weighted by molar-refractivity contribution is 5.88. The van der Waals surface area contributed by atoms with Crippen molar-refractivity contribution in [2.24, 2.45) is 5.92 Å². The van der Waals surface area contributed by atoms with Gasteiger partial charge in [-0.3, -0.25) is 9.48 Å². The van der Waals surface area contributed by atoms with Crippen LogP contribution < -0.4 is 5.32 Å². The number of aldehydes is 1. The van der Waals surface area contributed by atoms with Gasteiger partial charge in [0.2, 0.25) is 5.91 Å². The van der Waals surface area contributed by atoms with Crippen LogP contribution in [0.25, 0.3) is 16.5 Å². The Morgan fingerprint density at radius 3 is 2.51 bits per heavy atom. The zero-order chi connectivity index (χ0) is 25.8.